The summed E-state index contributed by atoms with van der Waals surface area (Å²) in [5.41, 5.74) is 2.45. The van der Waals surface area contributed by atoms with E-state index >= 15 is 0 Å². The van der Waals surface area contributed by atoms with Gasteiger partial charge in [-0.25, -0.2) is 4.99 Å². The average Bonchev–Trinajstić information content (AvgIpc) is 3.18. The lowest BCUT2D eigenvalue weighted by atomic mass is 10.1. The number of likely N-dealkylation sites (N-methyl/N-ethyl adjacent to an activating group) is 1. The fourth-order valence-corrected chi connectivity index (χ4v) is 2.66. The van der Waals surface area contributed by atoms with Crippen LogP contribution in [0.5, 0.6) is 0 Å². The minimum absolute atomic E-state index is 0.631. The predicted octanol–water partition coefficient (Wildman–Crippen LogP) is 1.56. The average molecular weight is 373 g/mol. The molecule has 0 atom stereocenters. The molecule has 1 heterocycles. The van der Waals surface area contributed by atoms with Gasteiger partial charge < -0.3 is 20.3 Å². The molecule has 27 heavy (non-hydrogen) atoms. The Morgan fingerprint density at radius 2 is 2.00 bits per heavy atom. The zero-order valence-electron chi connectivity index (χ0n) is 16.7. The van der Waals surface area contributed by atoms with Crippen LogP contribution < -0.4 is 10.6 Å². The topological polar surface area (TPSA) is 66.7 Å². The van der Waals surface area contributed by atoms with E-state index in [1.165, 1.54) is 11.1 Å². The van der Waals surface area contributed by atoms with Gasteiger partial charge in [-0.2, -0.15) is 5.10 Å². The Hall–Kier alpha value is -2.38. The third kappa shape index (κ3) is 7.80. The van der Waals surface area contributed by atoms with Gasteiger partial charge in [0.15, 0.2) is 5.96 Å². The van der Waals surface area contributed by atoms with Gasteiger partial charge in [0.05, 0.1) is 19.7 Å². The Morgan fingerprint density at radius 1 is 1.19 bits per heavy atom. The van der Waals surface area contributed by atoms with Gasteiger partial charge >= 0.3 is 0 Å². The van der Waals surface area contributed by atoms with Gasteiger partial charge in [0.25, 0.3) is 0 Å². The van der Waals surface area contributed by atoms with Crippen LogP contribution in [0.3, 0.4) is 0 Å². The summed E-state index contributed by atoms with van der Waals surface area (Å²) >= 11 is 0. The third-order valence-electron chi connectivity index (χ3n) is 4.22. The highest BCUT2D eigenvalue weighted by Gasteiger charge is 2.04. The number of hydrogen-bond donors (Lipinski definition) is 2. The first-order valence-electron chi connectivity index (χ1n) is 9.46. The number of rotatable bonds is 11. The van der Waals surface area contributed by atoms with Crippen molar-refractivity contribution in [3.8, 4) is 0 Å². The maximum Gasteiger partial charge on any atom is 0.191 e. The van der Waals surface area contributed by atoms with Crippen LogP contribution in [0, 0.1) is 0 Å². The van der Waals surface area contributed by atoms with E-state index in [1.807, 2.05) is 16.9 Å². The number of hydrogen-bond acceptors (Lipinski definition) is 4. The number of nitrogens with one attached hydrogen (secondary N) is 2. The molecule has 2 rings (SSSR count). The first-order chi connectivity index (χ1) is 13.2. The monoisotopic (exact) mass is 372 g/mol. The van der Waals surface area contributed by atoms with Gasteiger partial charge in [0, 0.05) is 45.7 Å². The Balaban J connectivity index is 1.92. The van der Waals surface area contributed by atoms with E-state index in [2.05, 4.69) is 58.9 Å². The van der Waals surface area contributed by atoms with E-state index in [1.54, 1.807) is 13.3 Å². The summed E-state index contributed by atoms with van der Waals surface area (Å²) in [6, 6.07) is 10.3. The number of methoxy groups -OCH3 is 1. The highest BCUT2D eigenvalue weighted by atomic mass is 16.5. The number of nitrogens with zero attached hydrogens (tertiary/aromatic N) is 4. The fourth-order valence-electron chi connectivity index (χ4n) is 2.66. The highest BCUT2D eigenvalue weighted by molar-refractivity contribution is 5.79. The number of guanidine groups is 1. The van der Waals surface area contributed by atoms with Crippen molar-refractivity contribution in [3.05, 3.63) is 53.9 Å². The number of aliphatic imine (C=N–C) groups is 1. The molecule has 0 saturated heterocycles. The van der Waals surface area contributed by atoms with E-state index in [4.69, 9.17) is 9.73 Å². The molecule has 0 saturated carbocycles. The van der Waals surface area contributed by atoms with Crippen molar-refractivity contribution < 1.29 is 4.74 Å². The summed E-state index contributed by atoms with van der Waals surface area (Å²) in [5, 5.41) is 11.0. The van der Waals surface area contributed by atoms with Crippen molar-refractivity contribution in [1.82, 2.24) is 25.3 Å². The largest absolute Gasteiger partial charge is 0.383 e. The molecule has 0 spiro atoms. The Morgan fingerprint density at radius 3 is 2.70 bits per heavy atom. The van der Waals surface area contributed by atoms with Crippen molar-refractivity contribution in [2.24, 2.45) is 4.99 Å². The lowest BCUT2D eigenvalue weighted by Crippen LogP contribution is -2.41. The molecule has 0 radical (unpaired) electrons. The second kappa shape index (κ2) is 12.1. The zero-order chi connectivity index (χ0) is 19.3. The Kier molecular flexibility index (Phi) is 9.37. The lowest BCUT2D eigenvalue weighted by Gasteiger charge is -2.18. The molecule has 7 nitrogen and oxygen atoms in total. The van der Waals surface area contributed by atoms with Crippen LogP contribution in [0.1, 0.15) is 18.1 Å². The van der Waals surface area contributed by atoms with Crippen LogP contribution in [0.2, 0.25) is 0 Å². The van der Waals surface area contributed by atoms with E-state index in [-0.39, 0.29) is 0 Å². The Labute approximate surface area is 162 Å². The standard InChI is InChI=1S/C20H32N6O/c1-4-21-20(22-11-13-25(2)14-15-27-3)23-16-18-8-5-6-9-19(18)17-26-12-7-10-24-26/h5-10,12H,4,11,13-17H2,1-3H3,(H2,21,22,23). The molecule has 0 unspecified atom stereocenters. The smallest absolute Gasteiger partial charge is 0.191 e. The van der Waals surface area contributed by atoms with Crippen LogP contribution in [0.4, 0.5) is 0 Å². The fraction of sp³-hybridized carbons (Fsp3) is 0.500. The molecular weight excluding hydrogens is 340 g/mol. The quantitative estimate of drug-likeness (QED) is 0.463. The minimum atomic E-state index is 0.631. The molecule has 2 aromatic rings. The number of benzene rings is 1. The molecule has 0 aliphatic carbocycles. The van der Waals surface area contributed by atoms with Gasteiger partial charge in [-0.1, -0.05) is 24.3 Å². The van der Waals surface area contributed by atoms with Gasteiger partial charge in [-0.05, 0) is 31.2 Å². The molecule has 148 valence electrons. The molecule has 1 aromatic heterocycles. The third-order valence-corrected chi connectivity index (χ3v) is 4.22. The van der Waals surface area contributed by atoms with Gasteiger partial charge in [0.1, 0.15) is 0 Å². The zero-order valence-corrected chi connectivity index (χ0v) is 16.7. The molecule has 0 aliphatic rings. The maximum absolute atomic E-state index is 5.11. The van der Waals surface area contributed by atoms with E-state index in [9.17, 15) is 0 Å². The lowest BCUT2D eigenvalue weighted by molar-refractivity contribution is 0.162. The van der Waals surface area contributed by atoms with Gasteiger partial charge in [-0.15, -0.1) is 0 Å². The van der Waals surface area contributed by atoms with E-state index < -0.39 is 0 Å². The first kappa shape index (κ1) is 20.9. The van der Waals surface area contributed by atoms with Crippen LogP contribution in [-0.4, -0.2) is 67.6 Å². The van der Waals surface area contributed by atoms with Crippen molar-refractivity contribution in [3.63, 3.8) is 0 Å². The van der Waals surface area contributed by atoms with Gasteiger partial charge in [0.2, 0.25) is 0 Å². The summed E-state index contributed by atoms with van der Waals surface area (Å²) in [6.45, 7) is 7.74. The molecular formula is C20H32N6O. The summed E-state index contributed by atoms with van der Waals surface area (Å²) in [6.07, 6.45) is 3.78. The number of ether oxygens (including phenoxy) is 1. The Bertz CT molecular complexity index is 671. The van der Waals surface area contributed by atoms with Crippen LogP contribution in [0.25, 0.3) is 0 Å². The van der Waals surface area contributed by atoms with Crippen LogP contribution in [0.15, 0.2) is 47.7 Å². The molecule has 7 heteroatoms. The summed E-state index contributed by atoms with van der Waals surface area (Å²) < 4.78 is 7.04. The second-order valence-corrected chi connectivity index (χ2v) is 6.39. The molecule has 0 fully saturated rings. The minimum Gasteiger partial charge on any atom is -0.383 e. The van der Waals surface area contributed by atoms with Crippen molar-refractivity contribution >= 4 is 5.96 Å². The molecule has 0 bridgehead atoms. The van der Waals surface area contributed by atoms with Crippen molar-refractivity contribution in [2.45, 2.75) is 20.0 Å². The van der Waals surface area contributed by atoms with Crippen molar-refractivity contribution in [2.75, 3.05) is 46.9 Å². The first-order valence-corrected chi connectivity index (χ1v) is 9.46. The molecule has 2 N–H and O–H groups in total. The van der Waals surface area contributed by atoms with E-state index in [0.717, 1.165) is 45.3 Å². The predicted molar refractivity (Wildman–Crippen MR) is 110 cm³/mol. The summed E-state index contributed by atoms with van der Waals surface area (Å²) in [7, 11) is 3.82. The van der Waals surface area contributed by atoms with Crippen LogP contribution in [-0.2, 0) is 17.8 Å². The highest BCUT2D eigenvalue weighted by Crippen LogP contribution is 2.11. The van der Waals surface area contributed by atoms with Crippen LogP contribution >= 0.6 is 0 Å². The SMILES string of the molecule is CCNC(=NCc1ccccc1Cn1cccn1)NCCN(C)CCOC. The summed E-state index contributed by atoms with van der Waals surface area (Å²) in [4.78, 5) is 6.99. The second-order valence-electron chi connectivity index (χ2n) is 6.39. The summed E-state index contributed by atoms with van der Waals surface area (Å²) in [5.74, 6) is 0.839. The number of aromatic nitrogens is 2. The molecule has 1 aromatic carbocycles. The van der Waals surface area contributed by atoms with Gasteiger partial charge in [-0.3, -0.25) is 4.68 Å². The molecule has 0 aliphatic heterocycles. The molecule has 0 amide bonds. The maximum atomic E-state index is 5.11. The van der Waals surface area contributed by atoms with E-state index in [0.29, 0.717) is 6.54 Å². The van der Waals surface area contributed by atoms with Crippen molar-refractivity contribution in [1.29, 1.82) is 0 Å². The normalized spacial score (nSPS) is 11.8.